The molecule has 0 spiro atoms. The predicted octanol–water partition coefficient (Wildman–Crippen LogP) is 4.99. The highest BCUT2D eigenvalue weighted by atomic mass is 19.1. The fourth-order valence-electron chi connectivity index (χ4n) is 4.79. The lowest BCUT2D eigenvalue weighted by atomic mass is 9.94. The summed E-state index contributed by atoms with van der Waals surface area (Å²) in [4.78, 5) is 31.0. The van der Waals surface area contributed by atoms with Crippen LogP contribution in [0.25, 0.3) is 16.7 Å². The highest BCUT2D eigenvalue weighted by Gasteiger charge is 2.46. The van der Waals surface area contributed by atoms with Gasteiger partial charge in [0.05, 0.1) is 25.8 Å². The van der Waals surface area contributed by atoms with E-state index in [4.69, 9.17) is 9.47 Å². The topological polar surface area (TPSA) is 91.9 Å². The van der Waals surface area contributed by atoms with Crippen molar-refractivity contribution in [2.24, 2.45) is 0 Å². The van der Waals surface area contributed by atoms with Gasteiger partial charge in [-0.2, -0.15) is 0 Å². The molecule has 0 saturated carbocycles. The SMILES string of the molecule is COc1cccc(/C(O)=C2/C(=O)C(=O)N(CCc3c[nH]c4ccc(OC)cc34)C2c2ccccc2F)c1. The third-order valence-electron chi connectivity index (χ3n) is 6.68. The molecule has 3 aromatic carbocycles. The van der Waals surface area contributed by atoms with Crippen molar-refractivity contribution >= 4 is 28.4 Å². The standard InChI is InChI=1S/C29H25FN2O5/c1-36-19-7-5-6-17(14-19)27(33)25-26(21-8-3-4-9-23(21)30)32(29(35)28(25)34)13-12-18-16-31-24-11-10-20(37-2)15-22(18)24/h3-11,14-16,26,31,33H,12-13H2,1-2H3/b27-25-. The van der Waals surface area contributed by atoms with Gasteiger partial charge in [-0.1, -0.05) is 30.3 Å². The normalized spacial score (nSPS) is 16.9. The monoisotopic (exact) mass is 500 g/mol. The van der Waals surface area contributed by atoms with E-state index in [9.17, 15) is 14.7 Å². The Morgan fingerprint density at radius 2 is 1.76 bits per heavy atom. The Bertz CT molecular complexity index is 1540. The Balaban J connectivity index is 1.57. The Hall–Kier alpha value is -4.59. The van der Waals surface area contributed by atoms with Crippen LogP contribution in [0.15, 0.2) is 78.5 Å². The molecule has 37 heavy (non-hydrogen) atoms. The minimum absolute atomic E-state index is 0.128. The Morgan fingerprint density at radius 1 is 1.00 bits per heavy atom. The fraction of sp³-hybridized carbons (Fsp3) is 0.172. The predicted molar refractivity (Wildman–Crippen MR) is 137 cm³/mol. The number of aromatic nitrogens is 1. The van der Waals surface area contributed by atoms with Crippen LogP contribution < -0.4 is 9.47 Å². The van der Waals surface area contributed by atoms with Gasteiger partial charge in [0.25, 0.3) is 11.7 Å². The minimum atomic E-state index is -1.09. The number of aliphatic hydroxyl groups excluding tert-OH is 1. The summed E-state index contributed by atoms with van der Waals surface area (Å²) in [5.74, 6) is -1.46. The van der Waals surface area contributed by atoms with Crippen LogP contribution in [0, 0.1) is 5.82 Å². The van der Waals surface area contributed by atoms with Gasteiger partial charge in [-0.05, 0) is 48.4 Å². The van der Waals surface area contributed by atoms with Gasteiger partial charge in [-0.15, -0.1) is 0 Å². The number of likely N-dealkylation sites (tertiary alicyclic amines) is 1. The first-order chi connectivity index (χ1) is 17.9. The number of Topliss-reactive ketones (excluding diaryl/α,β-unsaturated/α-hetero) is 1. The number of aliphatic hydroxyl groups is 1. The van der Waals surface area contributed by atoms with Crippen molar-refractivity contribution in [3.05, 3.63) is 101 Å². The largest absolute Gasteiger partial charge is 0.507 e. The summed E-state index contributed by atoms with van der Waals surface area (Å²) in [5, 5.41) is 12.1. The van der Waals surface area contributed by atoms with Crippen molar-refractivity contribution in [2.45, 2.75) is 12.5 Å². The molecule has 8 heteroatoms. The van der Waals surface area contributed by atoms with Crippen LogP contribution in [0.5, 0.6) is 11.5 Å². The minimum Gasteiger partial charge on any atom is -0.507 e. The van der Waals surface area contributed by atoms with Gasteiger partial charge < -0.3 is 24.5 Å². The lowest BCUT2D eigenvalue weighted by Crippen LogP contribution is -2.32. The maximum atomic E-state index is 15.0. The highest BCUT2D eigenvalue weighted by molar-refractivity contribution is 6.46. The fourth-order valence-corrected chi connectivity index (χ4v) is 4.79. The molecule has 188 valence electrons. The smallest absolute Gasteiger partial charge is 0.295 e. The number of halogens is 1. The molecule has 1 unspecified atom stereocenters. The quantitative estimate of drug-likeness (QED) is 0.212. The second-order valence-electron chi connectivity index (χ2n) is 8.72. The van der Waals surface area contributed by atoms with E-state index < -0.39 is 23.5 Å². The summed E-state index contributed by atoms with van der Waals surface area (Å²) in [5.41, 5.74) is 2.08. The molecule has 7 nitrogen and oxygen atoms in total. The number of hydrogen-bond donors (Lipinski definition) is 2. The number of nitrogens with one attached hydrogen (secondary N) is 1. The van der Waals surface area contributed by atoms with Gasteiger partial charge in [0.1, 0.15) is 23.1 Å². The van der Waals surface area contributed by atoms with Gasteiger partial charge in [-0.3, -0.25) is 9.59 Å². The molecule has 1 aromatic heterocycles. The van der Waals surface area contributed by atoms with Gasteiger partial charge in [0, 0.05) is 34.8 Å². The molecule has 0 aliphatic carbocycles. The summed E-state index contributed by atoms with van der Waals surface area (Å²) < 4.78 is 25.6. The molecule has 1 amide bonds. The highest BCUT2D eigenvalue weighted by Crippen LogP contribution is 2.41. The van der Waals surface area contributed by atoms with E-state index in [1.54, 1.807) is 37.4 Å². The van der Waals surface area contributed by atoms with Crippen LogP contribution in [-0.4, -0.2) is 47.4 Å². The van der Waals surface area contributed by atoms with Crippen molar-refractivity contribution in [1.29, 1.82) is 0 Å². The number of benzene rings is 3. The zero-order chi connectivity index (χ0) is 26.1. The number of rotatable bonds is 7. The van der Waals surface area contributed by atoms with Crippen LogP contribution in [0.4, 0.5) is 4.39 Å². The number of carbonyl (C=O) groups excluding carboxylic acids is 2. The van der Waals surface area contributed by atoms with Crippen LogP contribution in [-0.2, 0) is 16.0 Å². The average molecular weight is 501 g/mol. The van der Waals surface area contributed by atoms with Crippen LogP contribution >= 0.6 is 0 Å². The Labute approximate surface area is 212 Å². The molecular formula is C29H25FN2O5. The number of hydrogen-bond acceptors (Lipinski definition) is 5. The number of aromatic amines is 1. The van der Waals surface area contributed by atoms with E-state index in [1.165, 1.54) is 30.2 Å². The zero-order valence-corrected chi connectivity index (χ0v) is 20.3. The number of methoxy groups -OCH3 is 2. The number of H-pyrrole nitrogens is 1. The van der Waals surface area contributed by atoms with E-state index in [1.807, 2.05) is 24.4 Å². The van der Waals surface area contributed by atoms with E-state index in [0.717, 1.165) is 16.5 Å². The summed E-state index contributed by atoms with van der Waals surface area (Å²) in [6.45, 7) is 0.128. The summed E-state index contributed by atoms with van der Waals surface area (Å²) >= 11 is 0. The second-order valence-corrected chi connectivity index (χ2v) is 8.72. The molecule has 4 aromatic rings. The maximum Gasteiger partial charge on any atom is 0.295 e. The molecule has 2 heterocycles. The first-order valence-electron chi connectivity index (χ1n) is 11.7. The summed E-state index contributed by atoms with van der Waals surface area (Å²) in [6.07, 6.45) is 2.24. The van der Waals surface area contributed by atoms with E-state index in [2.05, 4.69) is 4.98 Å². The van der Waals surface area contributed by atoms with Crippen molar-refractivity contribution < 1.29 is 28.6 Å². The number of amides is 1. The second kappa shape index (κ2) is 9.81. The lowest BCUT2D eigenvalue weighted by molar-refractivity contribution is -0.139. The van der Waals surface area contributed by atoms with E-state index in [-0.39, 0.29) is 23.4 Å². The van der Waals surface area contributed by atoms with E-state index in [0.29, 0.717) is 23.5 Å². The van der Waals surface area contributed by atoms with Gasteiger partial charge in [0.2, 0.25) is 0 Å². The van der Waals surface area contributed by atoms with Crippen LogP contribution in [0.1, 0.15) is 22.7 Å². The molecule has 0 radical (unpaired) electrons. The molecular weight excluding hydrogens is 475 g/mol. The molecule has 1 saturated heterocycles. The zero-order valence-electron chi connectivity index (χ0n) is 20.3. The number of fused-ring (bicyclic) bond motifs is 1. The third-order valence-corrected chi connectivity index (χ3v) is 6.68. The number of nitrogens with zero attached hydrogens (tertiary/aromatic N) is 1. The Kier molecular flexibility index (Phi) is 6.40. The Morgan fingerprint density at radius 3 is 2.51 bits per heavy atom. The first kappa shape index (κ1) is 24.1. The van der Waals surface area contributed by atoms with Crippen molar-refractivity contribution in [2.75, 3.05) is 20.8 Å². The molecule has 5 rings (SSSR count). The number of ketones is 1. The summed E-state index contributed by atoms with van der Waals surface area (Å²) in [7, 11) is 3.07. The van der Waals surface area contributed by atoms with Crippen molar-refractivity contribution in [3.63, 3.8) is 0 Å². The van der Waals surface area contributed by atoms with E-state index >= 15 is 4.39 Å². The molecule has 1 fully saturated rings. The van der Waals surface area contributed by atoms with Gasteiger partial charge in [0.15, 0.2) is 0 Å². The number of carbonyl (C=O) groups is 2. The van der Waals surface area contributed by atoms with Crippen molar-refractivity contribution in [1.82, 2.24) is 9.88 Å². The molecule has 1 aliphatic rings. The van der Waals surface area contributed by atoms with Gasteiger partial charge >= 0.3 is 0 Å². The average Bonchev–Trinajstić information content (AvgIpc) is 3.44. The summed E-state index contributed by atoms with van der Waals surface area (Å²) in [6, 6.07) is 17.0. The third kappa shape index (κ3) is 4.31. The van der Waals surface area contributed by atoms with Gasteiger partial charge in [-0.25, -0.2) is 4.39 Å². The first-order valence-corrected chi connectivity index (χ1v) is 11.7. The van der Waals surface area contributed by atoms with Crippen molar-refractivity contribution in [3.8, 4) is 11.5 Å². The lowest BCUT2D eigenvalue weighted by Gasteiger charge is -2.25. The molecule has 2 N–H and O–H groups in total. The molecule has 1 aliphatic heterocycles. The number of ether oxygens (including phenoxy) is 2. The molecule has 1 atom stereocenters. The maximum absolute atomic E-state index is 15.0. The van der Waals surface area contributed by atoms with Crippen LogP contribution in [0.3, 0.4) is 0 Å². The van der Waals surface area contributed by atoms with Crippen LogP contribution in [0.2, 0.25) is 0 Å². The molecule has 0 bridgehead atoms.